The summed E-state index contributed by atoms with van der Waals surface area (Å²) >= 11 is 1.57. The van der Waals surface area contributed by atoms with E-state index in [1.54, 1.807) is 16.7 Å². The van der Waals surface area contributed by atoms with Crippen LogP contribution < -0.4 is 15.0 Å². The van der Waals surface area contributed by atoms with E-state index >= 15 is 0 Å². The molecule has 0 aliphatic heterocycles. The zero-order valence-electron chi connectivity index (χ0n) is 22.7. The minimum atomic E-state index is -0.812. The molecule has 7 heteroatoms. The van der Waals surface area contributed by atoms with Crippen LogP contribution in [0.2, 0.25) is 0 Å². The first-order valence-electron chi connectivity index (χ1n) is 13.4. The van der Waals surface area contributed by atoms with Gasteiger partial charge in [-0.05, 0) is 73.4 Å². The van der Waals surface area contributed by atoms with Crippen molar-refractivity contribution >= 4 is 35.1 Å². The van der Waals surface area contributed by atoms with E-state index in [2.05, 4.69) is 17.4 Å². The Morgan fingerprint density at radius 2 is 1.60 bits per heavy atom. The SMILES string of the molecule is CCOc1ccccc1NC(=O)N(CCc1ccccc1)c1cccc(Sc2ccc(C(CC)C(=O)O)cc2)c1. The highest BCUT2D eigenvalue weighted by atomic mass is 32.2. The molecule has 4 rings (SSSR count). The van der Waals surface area contributed by atoms with Crippen LogP contribution in [0.25, 0.3) is 0 Å². The first kappa shape index (κ1) is 28.8. The van der Waals surface area contributed by atoms with Crippen molar-refractivity contribution in [1.29, 1.82) is 0 Å². The normalized spacial score (nSPS) is 11.4. The molecule has 1 atom stereocenters. The molecule has 0 radical (unpaired) electrons. The third-order valence-electron chi connectivity index (χ3n) is 6.49. The summed E-state index contributed by atoms with van der Waals surface area (Å²) in [7, 11) is 0. The maximum absolute atomic E-state index is 13.6. The fourth-order valence-electron chi connectivity index (χ4n) is 4.44. The van der Waals surface area contributed by atoms with E-state index in [1.165, 1.54) is 0 Å². The molecule has 0 aromatic heterocycles. The van der Waals surface area contributed by atoms with Crippen LogP contribution in [-0.4, -0.2) is 30.3 Å². The van der Waals surface area contributed by atoms with E-state index in [9.17, 15) is 14.7 Å². The summed E-state index contributed by atoms with van der Waals surface area (Å²) < 4.78 is 5.71. The predicted molar refractivity (Wildman–Crippen MR) is 162 cm³/mol. The first-order valence-corrected chi connectivity index (χ1v) is 14.2. The van der Waals surface area contributed by atoms with E-state index in [1.807, 2.05) is 105 Å². The lowest BCUT2D eigenvalue weighted by Gasteiger charge is -2.24. The maximum atomic E-state index is 13.6. The number of benzene rings is 4. The summed E-state index contributed by atoms with van der Waals surface area (Å²) in [5.74, 6) is -0.692. The van der Waals surface area contributed by atoms with Gasteiger partial charge in [0.1, 0.15) is 5.75 Å². The van der Waals surface area contributed by atoms with E-state index < -0.39 is 11.9 Å². The van der Waals surface area contributed by atoms with Crippen molar-refractivity contribution in [3.05, 3.63) is 114 Å². The minimum absolute atomic E-state index is 0.242. The van der Waals surface area contributed by atoms with Crippen molar-refractivity contribution < 1.29 is 19.4 Å². The van der Waals surface area contributed by atoms with Gasteiger partial charge in [-0.2, -0.15) is 0 Å². The van der Waals surface area contributed by atoms with Gasteiger partial charge in [-0.25, -0.2) is 4.79 Å². The van der Waals surface area contributed by atoms with Crippen molar-refractivity contribution in [3.8, 4) is 5.75 Å². The Kier molecular flexibility index (Phi) is 10.2. The van der Waals surface area contributed by atoms with Gasteiger partial charge in [0.15, 0.2) is 0 Å². The number of hydrogen-bond acceptors (Lipinski definition) is 4. The van der Waals surface area contributed by atoms with E-state index in [0.717, 1.165) is 26.6 Å². The lowest BCUT2D eigenvalue weighted by molar-refractivity contribution is -0.138. The van der Waals surface area contributed by atoms with Crippen molar-refractivity contribution in [1.82, 2.24) is 0 Å². The Labute approximate surface area is 240 Å². The second-order valence-corrected chi connectivity index (χ2v) is 10.4. The number of para-hydroxylation sites is 2. The number of aliphatic carboxylic acids is 1. The second kappa shape index (κ2) is 14.2. The number of anilines is 2. The van der Waals surface area contributed by atoms with Gasteiger partial charge in [-0.1, -0.05) is 79.3 Å². The number of carboxylic acids is 1. The maximum Gasteiger partial charge on any atom is 0.326 e. The van der Waals surface area contributed by atoms with Crippen molar-refractivity contribution in [3.63, 3.8) is 0 Å². The molecule has 0 bridgehead atoms. The van der Waals surface area contributed by atoms with Crippen molar-refractivity contribution in [2.24, 2.45) is 0 Å². The third kappa shape index (κ3) is 7.67. The van der Waals surface area contributed by atoms with Gasteiger partial charge < -0.3 is 15.2 Å². The standard InChI is InChI=1S/C33H34N2O4S/c1-3-29(32(36)37)25-17-19-27(20-18-25)40-28-14-10-13-26(23-28)35(22-21-24-11-6-5-7-12-24)33(38)34-30-15-8-9-16-31(30)39-4-2/h5-20,23,29H,3-4,21-22H2,1-2H3,(H,34,38)(H,36,37). The molecule has 1 unspecified atom stereocenters. The van der Waals surface area contributed by atoms with Crippen LogP contribution in [-0.2, 0) is 11.2 Å². The molecular weight excluding hydrogens is 520 g/mol. The number of carbonyl (C=O) groups excluding carboxylic acids is 1. The Bertz CT molecular complexity index is 1410. The summed E-state index contributed by atoms with van der Waals surface area (Å²) in [5.41, 5.74) is 3.34. The molecule has 0 fully saturated rings. The van der Waals surface area contributed by atoms with Crippen LogP contribution in [0.1, 0.15) is 37.3 Å². The molecule has 4 aromatic rings. The molecule has 2 amide bonds. The van der Waals surface area contributed by atoms with E-state index in [0.29, 0.717) is 37.4 Å². The van der Waals surface area contributed by atoms with Crippen LogP contribution in [0.4, 0.5) is 16.2 Å². The Morgan fingerprint density at radius 3 is 2.30 bits per heavy atom. The van der Waals surface area contributed by atoms with Gasteiger partial charge in [-0.3, -0.25) is 9.69 Å². The van der Waals surface area contributed by atoms with Crippen molar-refractivity contribution in [2.75, 3.05) is 23.4 Å². The van der Waals surface area contributed by atoms with E-state index in [-0.39, 0.29) is 6.03 Å². The van der Waals surface area contributed by atoms with Crippen LogP contribution in [0.15, 0.2) is 113 Å². The summed E-state index contributed by atoms with van der Waals surface area (Å²) in [6.45, 7) is 4.78. The predicted octanol–water partition coefficient (Wildman–Crippen LogP) is 8.10. The zero-order valence-corrected chi connectivity index (χ0v) is 23.6. The summed E-state index contributed by atoms with van der Waals surface area (Å²) in [4.78, 5) is 28.9. The molecule has 2 N–H and O–H groups in total. The summed E-state index contributed by atoms with van der Waals surface area (Å²) in [5, 5.41) is 12.5. The largest absolute Gasteiger partial charge is 0.492 e. The van der Waals surface area contributed by atoms with Crippen LogP contribution in [0.3, 0.4) is 0 Å². The molecule has 4 aromatic carbocycles. The fourth-order valence-corrected chi connectivity index (χ4v) is 5.31. The lowest BCUT2D eigenvalue weighted by Crippen LogP contribution is -2.36. The molecule has 0 saturated heterocycles. The Hall–Kier alpha value is -4.23. The number of nitrogens with one attached hydrogen (secondary N) is 1. The number of ether oxygens (including phenoxy) is 1. The van der Waals surface area contributed by atoms with Crippen LogP contribution >= 0.6 is 11.8 Å². The quantitative estimate of drug-likeness (QED) is 0.185. The zero-order chi connectivity index (χ0) is 28.3. The number of hydrogen-bond donors (Lipinski definition) is 2. The Morgan fingerprint density at radius 1 is 0.875 bits per heavy atom. The highest BCUT2D eigenvalue weighted by molar-refractivity contribution is 7.99. The molecule has 0 aliphatic carbocycles. The van der Waals surface area contributed by atoms with Gasteiger partial charge in [-0.15, -0.1) is 0 Å². The Balaban J connectivity index is 1.56. The first-order chi connectivity index (χ1) is 19.5. The number of urea groups is 1. The smallest absolute Gasteiger partial charge is 0.326 e. The van der Waals surface area contributed by atoms with Gasteiger partial charge in [0.25, 0.3) is 0 Å². The highest BCUT2D eigenvalue weighted by Crippen LogP contribution is 2.33. The van der Waals surface area contributed by atoms with Gasteiger partial charge in [0.05, 0.1) is 18.2 Å². The highest BCUT2D eigenvalue weighted by Gasteiger charge is 2.19. The molecule has 0 spiro atoms. The number of carbonyl (C=O) groups is 2. The number of rotatable bonds is 12. The topological polar surface area (TPSA) is 78.9 Å². The molecule has 206 valence electrons. The average molecular weight is 555 g/mol. The lowest BCUT2D eigenvalue weighted by atomic mass is 9.97. The van der Waals surface area contributed by atoms with E-state index in [4.69, 9.17) is 4.74 Å². The van der Waals surface area contributed by atoms with Crippen molar-refractivity contribution in [2.45, 2.75) is 42.4 Å². The molecule has 6 nitrogen and oxygen atoms in total. The molecule has 40 heavy (non-hydrogen) atoms. The molecular formula is C33H34N2O4S. The number of carboxylic acid groups (broad SMARTS) is 1. The molecule has 0 saturated carbocycles. The van der Waals surface area contributed by atoms with Crippen LogP contribution in [0, 0.1) is 0 Å². The van der Waals surface area contributed by atoms with Gasteiger partial charge in [0, 0.05) is 22.0 Å². The third-order valence-corrected chi connectivity index (χ3v) is 7.49. The number of amides is 2. The second-order valence-electron chi connectivity index (χ2n) is 9.21. The van der Waals surface area contributed by atoms with Gasteiger partial charge >= 0.3 is 12.0 Å². The average Bonchev–Trinajstić information content (AvgIpc) is 2.96. The van der Waals surface area contributed by atoms with Crippen LogP contribution in [0.5, 0.6) is 5.75 Å². The fraction of sp³-hybridized carbons (Fsp3) is 0.212. The minimum Gasteiger partial charge on any atom is -0.492 e. The monoisotopic (exact) mass is 554 g/mol. The summed E-state index contributed by atoms with van der Waals surface area (Å²) in [6, 6.07) is 32.8. The molecule has 0 aliphatic rings. The summed E-state index contributed by atoms with van der Waals surface area (Å²) in [6.07, 6.45) is 1.24. The number of nitrogens with zero attached hydrogens (tertiary/aromatic N) is 1. The molecule has 0 heterocycles. The van der Waals surface area contributed by atoms with Gasteiger partial charge in [0.2, 0.25) is 0 Å².